The fourth-order valence-corrected chi connectivity index (χ4v) is 1.85. The lowest BCUT2D eigenvalue weighted by molar-refractivity contribution is 0.472. The Morgan fingerprint density at radius 2 is 1.95 bits per heavy atom. The topological polar surface area (TPSA) is 62.5 Å². The summed E-state index contributed by atoms with van der Waals surface area (Å²) in [5, 5.41) is 6.58. The Morgan fingerprint density at radius 1 is 1.15 bits per heavy atom. The molecule has 2 N–H and O–H groups in total. The number of aromatic nitrogens is 1. The van der Waals surface area contributed by atoms with Crippen LogP contribution in [-0.4, -0.2) is 24.0 Å². The Labute approximate surface area is 122 Å². The summed E-state index contributed by atoms with van der Waals surface area (Å²) >= 11 is 0. The Kier molecular flexibility index (Phi) is 7.77. The van der Waals surface area contributed by atoms with Crippen molar-refractivity contribution in [1.82, 2.24) is 15.6 Å². The minimum Gasteiger partial charge on any atom is -0.444 e. The van der Waals surface area contributed by atoms with E-state index in [9.17, 15) is 0 Å². The molecule has 1 aromatic rings. The smallest absolute Gasteiger partial charge is 0.216 e. The van der Waals surface area contributed by atoms with Gasteiger partial charge in [-0.3, -0.25) is 0 Å². The number of unbranched alkanes of at least 4 members (excludes halogenated alkanes) is 3. The number of aryl methyl sites for hydroxylation is 2. The molecule has 1 aromatic heterocycles. The summed E-state index contributed by atoms with van der Waals surface area (Å²) in [6, 6.07) is 0. The molecule has 0 radical (unpaired) electrons. The van der Waals surface area contributed by atoms with E-state index in [1.807, 2.05) is 13.8 Å². The van der Waals surface area contributed by atoms with Gasteiger partial charge in [-0.15, -0.1) is 0 Å². The second-order valence-corrected chi connectivity index (χ2v) is 4.93. The van der Waals surface area contributed by atoms with Crippen LogP contribution in [0.25, 0.3) is 0 Å². The van der Waals surface area contributed by atoms with Crippen LogP contribution in [0.1, 0.15) is 56.9 Å². The van der Waals surface area contributed by atoms with Gasteiger partial charge >= 0.3 is 0 Å². The van der Waals surface area contributed by atoms with Crippen molar-refractivity contribution in [2.75, 3.05) is 13.1 Å². The van der Waals surface area contributed by atoms with Crippen molar-refractivity contribution in [3.8, 4) is 0 Å². The van der Waals surface area contributed by atoms with Gasteiger partial charge in [0.2, 0.25) is 5.89 Å². The molecule has 0 bridgehead atoms. The Balaban J connectivity index is 2.41. The SMILES string of the molecule is CCCCCCNC(=NCc1nc(C)c(C)o1)NCC. The van der Waals surface area contributed by atoms with Gasteiger partial charge in [-0.05, 0) is 27.2 Å². The number of guanidine groups is 1. The zero-order valence-corrected chi connectivity index (χ0v) is 13.3. The van der Waals surface area contributed by atoms with Crippen molar-refractivity contribution in [2.24, 2.45) is 4.99 Å². The molecular formula is C15H28N4O. The number of hydrogen-bond donors (Lipinski definition) is 2. The minimum atomic E-state index is 0.471. The summed E-state index contributed by atoms with van der Waals surface area (Å²) in [7, 11) is 0. The highest BCUT2D eigenvalue weighted by Gasteiger charge is 2.05. The standard InChI is InChI=1S/C15H28N4O/c1-5-7-8-9-10-17-15(16-6-2)18-11-14-19-12(3)13(4)20-14/h5-11H2,1-4H3,(H2,16,17,18). The number of oxazole rings is 1. The molecule has 5 heteroatoms. The van der Waals surface area contributed by atoms with Crippen molar-refractivity contribution < 1.29 is 4.42 Å². The number of nitrogens with zero attached hydrogens (tertiary/aromatic N) is 2. The van der Waals surface area contributed by atoms with Crippen LogP contribution in [0.3, 0.4) is 0 Å². The molecule has 0 saturated heterocycles. The van der Waals surface area contributed by atoms with Gasteiger partial charge in [-0.25, -0.2) is 9.98 Å². The molecule has 1 heterocycles. The lowest BCUT2D eigenvalue weighted by atomic mass is 10.2. The predicted octanol–water partition coefficient (Wildman–Crippen LogP) is 2.93. The molecular weight excluding hydrogens is 252 g/mol. The first-order valence-electron chi connectivity index (χ1n) is 7.62. The maximum absolute atomic E-state index is 5.53. The molecule has 0 amide bonds. The molecule has 0 aliphatic rings. The summed E-state index contributed by atoms with van der Waals surface area (Å²) in [5.74, 6) is 2.37. The van der Waals surface area contributed by atoms with Gasteiger partial charge in [-0.1, -0.05) is 26.2 Å². The Morgan fingerprint density at radius 3 is 2.55 bits per heavy atom. The zero-order valence-electron chi connectivity index (χ0n) is 13.3. The second kappa shape index (κ2) is 9.39. The van der Waals surface area contributed by atoms with Gasteiger partial charge in [0.05, 0.1) is 5.69 Å². The Hall–Kier alpha value is -1.52. The van der Waals surface area contributed by atoms with Gasteiger partial charge in [0.15, 0.2) is 5.96 Å². The second-order valence-electron chi connectivity index (χ2n) is 4.93. The summed E-state index contributed by atoms with van der Waals surface area (Å²) in [6.45, 7) is 10.4. The lowest BCUT2D eigenvalue weighted by Crippen LogP contribution is -2.37. The van der Waals surface area contributed by atoms with E-state index in [0.29, 0.717) is 12.4 Å². The molecule has 0 atom stereocenters. The van der Waals surface area contributed by atoms with Crippen molar-refractivity contribution in [3.05, 3.63) is 17.3 Å². The van der Waals surface area contributed by atoms with E-state index < -0.39 is 0 Å². The third-order valence-electron chi connectivity index (χ3n) is 3.11. The first-order chi connectivity index (χ1) is 9.67. The van der Waals surface area contributed by atoms with Crippen LogP contribution in [0.4, 0.5) is 0 Å². The van der Waals surface area contributed by atoms with Gasteiger partial charge in [0.25, 0.3) is 0 Å². The molecule has 0 spiro atoms. The molecule has 0 unspecified atom stereocenters. The molecule has 20 heavy (non-hydrogen) atoms. The van der Waals surface area contributed by atoms with Crippen LogP contribution in [0, 0.1) is 13.8 Å². The first kappa shape index (κ1) is 16.5. The highest BCUT2D eigenvalue weighted by Crippen LogP contribution is 2.08. The molecule has 0 aliphatic carbocycles. The van der Waals surface area contributed by atoms with E-state index in [1.54, 1.807) is 0 Å². The molecule has 0 saturated carbocycles. The first-order valence-corrected chi connectivity index (χ1v) is 7.62. The minimum absolute atomic E-state index is 0.471. The molecule has 0 aromatic carbocycles. The van der Waals surface area contributed by atoms with Gasteiger partial charge in [0.1, 0.15) is 12.3 Å². The fourth-order valence-electron chi connectivity index (χ4n) is 1.85. The van der Waals surface area contributed by atoms with E-state index in [2.05, 4.69) is 34.5 Å². The average molecular weight is 280 g/mol. The highest BCUT2D eigenvalue weighted by atomic mass is 16.4. The van der Waals surface area contributed by atoms with Crippen molar-refractivity contribution in [3.63, 3.8) is 0 Å². The summed E-state index contributed by atoms with van der Waals surface area (Å²) < 4.78 is 5.53. The van der Waals surface area contributed by atoms with Crippen molar-refractivity contribution in [1.29, 1.82) is 0 Å². The number of aliphatic imine (C=N–C) groups is 1. The average Bonchev–Trinajstić information content (AvgIpc) is 2.75. The van der Waals surface area contributed by atoms with Crippen LogP contribution < -0.4 is 10.6 Å². The number of nitrogens with one attached hydrogen (secondary N) is 2. The monoisotopic (exact) mass is 280 g/mol. The summed E-state index contributed by atoms with van der Waals surface area (Å²) in [6.07, 6.45) is 5.00. The third-order valence-corrected chi connectivity index (χ3v) is 3.11. The summed E-state index contributed by atoms with van der Waals surface area (Å²) in [4.78, 5) is 8.83. The third kappa shape index (κ3) is 6.08. The lowest BCUT2D eigenvalue weighted by Gasteiger charge is -2.10. The molecule has 0 aliphatic heterocycles. The van der Waals surface area contributed by atoms with E-state index >= 15 is 0 Å². The van der Waals surface area contributed by atoms with Crippen molar-refractivity contribution >= 4 is 5.96 Å². The van der Waals surface area contributed by atoms with Gasteiger partial charge in [0, 0.05) is 13.1 Å². The van der Waals surface area contributed by atoms with Gasteiger partial charge in [-0.2, -0.15) is 0 Å². The van der Waals surface area contributed by atoms with Crippen LogP contribution in [0.15, 0.2) is 9.41 Å². The van der Waals surface area contributed by atoms with Crippen LogP contribution in [-0.2, 0) is 6.54 Å². The quantitative estimate of drug-likeness (QED) is 0.436. The number of hydrogen-bond acceptors (Lipinski definition) is 3. The molecule has 114 valence electrons. The fraction of sp³-hybridized carbons (Fsp3) is 0.733. The van der Waals surface area contributed by atoms with E-state index in [1.165, 1.54) is 25.7 Å². The van der Waals surface area contributed by atoms with E-state index in [0.717, 1.165) is 30.5 Å². The molecule has 0 fully saturated rings. The number of rotatable bonds is 8. The van der Waals surface area contributed by atoms with E-state index in [4.69, 9.17) is 4.42 Å². The molecule has 1 rings (SSSR count). The summed E-state index contributed by atoms with van der Waals surface area (Å²) in [5.41, 5.74) is 0.938. The highest BCUT2D eigenvalue weighted by molar-refractivity contribution is 5.79. The van der Waals surface area contributed by atoms with E-state index in [-0.39, 0.29) is 0 Å². The molecule has 5 nitrogen and oxygen atoms in total. The van der Waals surface area contributed by atoms with Crippen molar-refractivity contribution in [2.45, 2.75) is 59.9 Å². The predicted molar refractivity (Wildman–Crippen MR) is 82.9 cm³/mol. The normalized spacial score (nSPS) is 11.7. The van der Waals surface area contributed by atoms with Crippen LogP contribution in [0.2, 0.25) is 0 Å². The Bertz CT molecular complexity index is 393. The maximum Gasteiger partial charge on any atom is 0.216 e. The van der Waals surface area contributed by atoms with Crippen LogP contribution in [0.5, 0.6) is 0 Å². The van der Waals surface area contributed by atoms with Gasteiger partial charge < -0.3 is 15.1 Å². The zero-order chi connectivity index (χ0) is 14.8. The largest absolute Gasteiger partial charge is 0.444 e. The van der Waals surface area contributed by atoms with Crippen LogP contribution >= 0.6 is 0 Å². The maximum atomic E-state index is 5.53.